The van der Waals surface area contributed by atoms with E-state index < -0.39 is 8.07 Å². The van der Waals surface area contributed by atoms with Gasteiger partial charge < -0.3 is 0 Å². The summed E-state index contributed by atoms with van der Waals surface area (Å²) in [4.78, 5) is 36.9. The van der Waals surface area contributed by atoms with Gasteiger partial charge in [0.15, 0.2) is 0 Å². The Kier molecular flexibility index (Phi) is 14.7. The molecule has 6 nitrogen and oxygen atoms in total. The summed E-state index contributed by atoms with van der Waals surface area (Å²) in [7, 11) is -1.30. The molecular weight excluding hydrogens is 502 g/mol. The van der Waals surface area contributed by atoms with Crippen molar-refractivity contribution >= 4 is 25.4 Å². The Bertz CT molecular complexity index is 970. The second kappa shape index (κ2) is 15.6. The number of Topliss-reactive ketones (excluding diaryl/α,β-unsaturated/α-hetero) is 3. The van der Waals surface area contributed by atoms with Gasteiger partial charge in [-0.3, -0.25) is 14.4 Å². The van der Waals surface area contributed by atoms with E-state index in [1.54, 1.807) is 0 Å². The molecule has 2 bridgehead atoms. The highest BCUT2D eigenvalue weighted by Gasteiger charge is 2.40. The molecule has 0 N–H and O–H groups in total. The van der Waals surface area contributed by atoms with E-state index in [9.17, 15) is 14.4 Å². The lowest BCUT2D eigenvalue weighted by molar-refractivity contribution is -0.125. The summed E-state index contributed by atoms with van der Waals surface area (Å²) in [5.41, 5.74) is 11.4. The molecule has 220 valence electrons. The molecule has 0 radical (unpaired) electrons. The second-order valence-corrected chi connectivity index (χ2v) is 20.5. The zero-order valence-electron chi connectivity index (χ0n) is 26.9. The van der Waals surface area contributed by atoms with Gasteiger partial charge in [-0.1, -0.05) is 99.2 Å². The van der Waals surface area contributed by atoms with Gasteiger partial charge in [-0.05, 0) is 46.5 Å². The van der Waals surface area contributed by atoms with E-state index in [2.05, 4.69) is 94.8 Å². The molecule has 0 aromatic carbocycles. The Morgan fingerprint density at radius 3 is 1.74 bits per heavy atom. The lowest BCUT2D eigenvalue weighted by Crippen LogP contribution is -2.23. The Labute approximate surface area is 239 Å². The number of hydrogen-bond donors (Lipinski definition) is 0. The molecule has 0 aliphatic heterocycles. The van der Waals surface area contributed by atoms with Gasteiger partial charge in [0.1, 0.15) is 25.4 Å². The minimum absolute atomic E-state index is 0.00435. The van der Waals surface area contributed by atoms with E-state index in [4.69, 9.17) is 5.53 Å². The Balaban J connectivity index is 0.000000561. The monoisotopic (exact) mass is 557 g/mol. The van der Waals surface area contributed by atoms with Crippen molar-refractivity contribution in [1.82, 2.24) is 0 Å². The zero-order chi connectivity index (χ0) is 30.7. The van der Waals surface area contributed by atoms with E-state index in [0.29, 0.717) is 42.8 Å². The number of nitrogens with zero attached hydrogens (tertiary/aromatic N) is 3. The molecule has 0 aromatic heterocycles. The Morgan fingerprint density at radius 1 is 0.846 bits per heavy atom. The van der Waals surface area contributed by atoms with Gasteiger partial charge in [-0.15, -0.1) is 11.5 Å². The minimum Gasteiger partial charge on any atom is -0.300 e. The van der Waals surface area contributed by atoms with Gasteiger partial charge in [-0.25, -0.2) is 0 Å². The summed E-state index contributed by atoms with van der Waals surface area (Å²) in [6.45, 7) is 25.1. The molecular formula is C32H55N3O3Si. The fraction of sp³-hybridized carbons (Fsp3) is 0.781. The van der Waals surface area contributed by atoms with Crippen LogP contribution in [-0.4, -0.2) is 32.0 Å². The van der Waals surface area contributed by atoms with Gasteiger partial charge in [0.05, 0.1) is 13.0 Å². The third kappa shape index (κ3) is 20.4. The van der Waals surface area contributed by atoms with Crippen LogP contribution >= 0.6 is 0 Å². The van der Waals surface area contributed by atoms with Crippen LogP contribution in [0.25, 0.3) is 10.4 Å². The van der Waals surface area contributed by atoms with Crippen molar-refractivity contribution in [3.8, 4) is 11.5 Å². The molecule has 2 aliphatic carbocycles. The summed E-state index contributed by atoms with van der Waals surface area (Å²) in [6.07, 6.45) is 9.19. The van der Waals surface area contributed by atoms with Gasteiger partial charge >= 0.3 is 0 Å². The third-order valence-corrected chi connectivity index (χ3v) is 6.84. The lowest BCUT2D eigenvalue weighted by atomic mass is 9.81. The highest BCUT2D eigenvalue weighted by Crippen LogP contribution is 2.45. The van der Waals surface area contributed by atoms with Gasteiger partial charge in [0, 0.05) is 30.1 Å². The minimum atomic E-state index is -1.30. The average molecular weight is 558 g/mol. The largest absolute Gasteiger partial charge is 0.300 e. The van der Waals surface area contributed by atoms with Crippen molar-refractivity contribution in [1.29, 1.82) is 0 Å². The number of rotatable bonds is 7. The molecule has 3 atom stereocenters. The van der Waals surface area contributed by atoms with Gasteiger partial charge in [0.2, 0.25) is 0 Å². The average Bonchev–Trinajstić information content (AvgIpc) is 3.32. The highest BCUT2D eigenvalue weighted by atomic mass is 28.3. The molecule has 39 heavy (non-hydrogen) atoms. The van der Waals surface area contributed by atoms with Crippen LogP contribution in [0.4, 0.5) is 0 Å². The predicted molar refractivity (Wildman–Crippen MR) is 166 cm³/mol. The van der Waals surface area contributed by atoms with E-state index in [0.717, 1.165) is 12.8 Å². The third-order valence-electron chi connectivity index (χ3n) is 5.91. The summed E-state index contributed by atoms with van der Waals surface area (Å²) >= 11 is 0. The standard InChI is InChI=1S/C13H20O.C12H22OSi.C7H13N3O/c1-13(2,3)8-12(14)11-7-9-4-5-10(11)6-9;1-12(2,3)10-11(13)8-7-9-14(4,5)6;1-7(2,3)4-6(11)5-9-10-8/h4-5,9-11H,6-8H2,1-3H3;8,10H2,1-6H3;4-5H2,1-3H3. The number of allylic oxidation sites excluding steroid dienone is 2. The van der Waals surface area contributed by atoms with Crippen LogP contribution in [-0.2, 0) is 14.4 Å². The number of carbonyl (C=O) groups excluding carboxylic acids is 3. The zero-order valence-corrected chi connectivity index (χ0v) is 27.9. The molecule has 0 heterocycles. The van der Waals surface area contributed by atoms with E-state index in [1.165, 1.54) is 6.42 Å². The van der Waals surface area contributed by atoms with Crippen LogP contribution in [0.15, 0.2) is 17.3 Å². The first-order valence-corrected chi connectivity index (χ1v) is 17.8. The molecule has 0 spiro atoms. The Hall–Kier alpha value is -2.16. The maximum absolute atomic E-state index is 12.0. The quantitative estimate of drug-likeness (QED) is 0.0780. The van der Waals surface area contributed by atoms with E-state index in [-0.39, 0.29) is 34.4 Å². The van der Waals surface area contributed by atoms with Crippen LogP contribution in [0.2, 0.25) is 19.6 Å². The molecule has 0 amide bonds. The molecule has 2 aliphatic rings. The van der Waals surface area contributed by atoms with Crippen LogP contribution in [0.5, 0.6) is 0 Å². The molecule has 1 saturated carbocycles. The van der Waals surface area contributed by atoms with E-state index >= 15 is 0 Å². The summed E-state index contributed by atoms with van der Waals surface area (Å²) in [6, 6.07) is 0. The highest BCUT2D eigenvalue weighted by molar-refractivity contribution is 6.83. The van der Waals surface area contributed by atoms with Crippen LogP contribution in [0.3, 0.4) is 0 Å². The first kappa shape index (κ1) is 36.8. The van der Waals surface area contributed by atoms with Gasteiger partial charge in [0.25, 0.3) is 0 Å². The molecule has 0 saturated heterocycles. The fourth-order valence-corrected chi connectivity index (χ4v) is 5.24. The van der Waals surface area contributed by atoms with Crippen LogP contribution in [0, 0.1) is 45.5 Å². The molecule has 7 heteroatoms. The van der Waals surface area contributed by atoms with Crippen molar-refractivity contribution in [3.63, 3.8) is 0 Å². The summed E-state index contributed by atoms with van der Waals surface area (Å²) in [5.74, 6) is 5.41. The number of ketones is 3. The first-order valence-electron chi connectivity index (χ1n) is 14.3. The van der Waals surface area contributed by atoms with Gasteiger partial charge in [-0.2, -0.15) is 0 Å². The van der Waals surface area contributed by atoms with E-state index in [1.807, 2.05) is 20.8 Å². The second-order valence-electron chi connectivity index (χ2n) is 15.8. The number of fused-ring (bicyclic) bond motifs is 2. The number of carbonyl (C=O) groups is 3. The maximum Gasteiger partial charge on any atom is 0.145 e. The molecule has 2 rings (SSSR count). The van der Waals surface area contributed by atoms with Crippen molar-refractivity contribution in [2.45, 2.75) is 120 Å². The fourth-order valence-electron chi connectivity index (χ4n) is 4.62. The predicted octanol–water partition coefficient (Wildman–Crippen LogP) is 8.77. The molecule has 0 aromatic rings. The van der Waals surface area contributed by atoms with Crippen molar-refractivity contribution < 1.29 is 14.4 Å². The van der Waals surface area contributed by atoms with Crippen LogP contribution in [0.1, 0.15) is 101 Å². The summed E-state index contributed by atoms with van der Waals surface area (Å²) < 4.78 is 0. The normalized spacial score (nSPS) is 19.8. The number of hydrogen-bond acceptors (Lipinski definition) is 4. The smallest absolute Gasteiger partial charge is 0.145 e. The lowest BCUT2D eigenvalue weighted by Gasteiger charge is -2.22. The van der Waals surface area contributed by atoms with Crippen molar-refractivity contribution in [2.75, 3.05) is 6.54 Å². The van der Waals surface area contributed by atoms with Crippen molar-refractivity contribution in [3.05, 3.63) is 22.6 Å². The van der Waals surface area contributed by atoms with Crippen molar-refractivity contribution in [2.24, 2.45) is 39.1 Å². The first-order chi connectivity index (χ1) is 17.5. The summed E-state index contributed by atoms with van der Waals surface area (Å²) in [5, 5.41) is 3.19. The maximum atomic E-state index is 12.0. The topological polar surface area (TPSA) is 100.0 Å². The van der Waals surface area contributed by atoms with Crippen LogP contribution < -0.4 is 0 Å². The Morgan fingerprint density at radius 2 is 1.36 bits per heavy atom. The molecule has 1 fully saturated rings. The SMILES string of the molecule is CC(C)(C)CC(=O)C1CC2C=CC1C2.CC(C)(C)CC(=O)CC#C[Si](C)(C)C.CC(C)(C)CC(=O)CN=[N+]=[N-]. The number of azide groups is 1. The molecule has 3 unspecified atom stereocenters.